The summed E-state index contributed by atoms with van der Waals surface area (Å²) in [4.78, 5) is 11.0. The van der Waals surface area contributed by atoms with Crippen LogP contribution in [0.5, 0.6) is 0 Å². The molecule has 4 heteroatoms. The number of aliphatic hydroxyl groups is 1. The Labute approximate surface area is 91.3 Å². The van der Waals surface area contributed by atoms with Crippen molar-refractivity contribution in [3.63, 3.8) is 0 Å². The maximum atomic E-state index is 11.0. The van der Waals surface area contributed by atoms with E-state index in [1.807, 2.05) is 13.8 Å². The van der Waals surface area contributed by atoms with E-state index in [2.05, 4.69) is 10.1 Å². The predicted octanol–water partition coefficient (Wildman–Crippen LogP) is 0.712. The summed E-state index contributed by atoms with van der Waals surface area (Å²) in [6.07, 6.45) is 1.78. The molecule has 0 aliphatic carbocycles. The number of methoxy groups -OCH3 is 1. The van der Waals surface area contributed by atoms with Crippen molar-refractivity contribution in [1.82, 2.24) is 5.32 Å². The minimum atomic E-state index is -0.306. The molecule has 0 saturated heterocycles. The van der Waals surface area contributed by atoms with Gasteiger partial charge < -0.3 is 15.2 Å². The Bertz CT molecular complexity index is 226. The number of aliphatic hydroxyl groups excluding tert-OH is 1. The maximum absolute atomic E-state index is 11.0. The Morgan fingerprint density at radius 3 is 2.60 bits per heavy atom. The van der Waals surface area contributed by atoms with Crippen LogP contribution in [0.15, 0.2) is 11.6 Å². The number of carbonyl (C=O) groups excluding carboxylic acids is 1. The molecule has 0 rings (SSSR count). The standard InChI is InChI=1S/C11H21NO3/c1-8(11(14)15-4)5-6-12-10(3)9(2)7-13/h5,9-10,12-13H,6-7H2,1-4H3. The zero-order valence-corrected chi connectivity index (χ0v) is 9.91. The summed E-state index contributed by atoms with van der Waals surface area (Å²) in [5.41, 5.74) is 0.592. The van der Waals surface area contributed by atoms with Gasteiger partial charge in [-0.15, -0.1) is 0 Å². The van der Waals surface area contributed by atoms with E-state index in [1.165, 1.54) is 7.11 Å². The van der Waals surface area contributed by atoms with Crippen LogP contribution in [0.3, 0.4) is 0 Å². The van der Waals surface area contributed by atoms with Crippen LogP contribution in [0.2, 0.25) is 0 Å². The average Bonchev–Trinajstić information content (AvgIpc) is 2.26. The predicted molar refractivity (Wildman–Crippen MR) is 59.5 cm³/mol. The van der Waals surface area contributed by atoms with Gasteiger partial charge in [-0.25, -0.2) is 4.79 Å². The molecule has 88 valence electrons. The van der Waals surface area contributed by atoms with Crippen LogP contribution in [0, 0.1) is 5.92 Å². The zero-order chi connectivity index (χ0) is 11.8. The molecule has 0 bridgehead atoms. The molecule has 0 spiro atoms. The molecule has 0 amide bonds. The number of ether oxygens (including phenoxy) is 1. The summed E-state index contributed by atoms with van der Waals surface area (Å²) in [6.45, 7) is 6.45. The third-order valence-electron chi connectivity index (χ3n) is 2.50. The van der Waals surface area contributed by atoms with Crippen LogP contribution in [0.1, 0.15) is 20.8 Å². The van der Waals surface area contributed by atoms with Gasteiger partial charge in [0.05, 0.1) is 7.11 Å². The fourth-order valence-electron chi connectivity index (χ4n) is 1.00. The van der Waals surface area contributed by atoms with Crippen molar-refractivity contribution in [2.45, 2.75) is 26.8 Å². The second-order valence-electron chi connectivity index (χ2n) is 3.74. The highest BCUT2D eigenvalue weighted by molar-refractivity contribution is 5.87. The van der Waals surface area contributed by atoms with Crippen LogP contribution in [0.25, 0.3) is 0 Å². The SMILES string of the molecule is COC(=O)C(C)=CCNC(C)C(C)CO. The lowest BCUT2D eigenvalue weighted by Gasteiger charge is -2.18. The van der Waals surface area contributed by atoms with Crippen molar-refractivity contribution in [3.8, 4) is 0 Å². The number of esters is 1. The van der Waals surface area contributed by atoms with Crippen molar-refractivity contribution in [2.24, 2.45) is 5.92 Å². The number of rotatable bonds is 6. The lowest BCUT2D eigenvalue weighted by Crippen LogP contribution is -2.34. The molecule has 0 aromatic carbocycles. The summed E-state index contributed by atoms with van der Waals surface area (Å²) < 4.78 is 4.56. The van der Waals surface area contributed by atoms with Crippen molar-refractivity contribution in [3.05, 3.63) is 11.6 Å². The highest BCUT2D eigenvalue weighted by Gasteiger charge is 2.09. The Morgan fingerprint density at radius 2 is 2.13 bits per heavy atom. The Hall–Kier alpha value is -0.870. The largest absolute Gasteiger partial charge is 0.466 e. The first-order valence-corrected chi connectivity index (χ1v) is 5.12. The summed E-state index contributed by atoms with van der Waals surface area (Å²) in [7, 11) is 1.36. The third kappa shape index (κ3) is 5.54. The fourth-order valence-corrected chi connectivity index (χ4v) is 1.00. The summed E-state index contributed by atoms with van der Waals surface area (Å²) in [5, 5.41) is 12.1. The molecule has 4 nitrogen and oxygen atoms in total. The van der Waals surface area contributed by atoms with E-state index >= 15 is 0 Å². The van der Waals surface area contributed by atoms with Crippen LogP contribution in [-0.2, 0) is 9.53 Å². The lowest BCUT2D eigenvalue weighted by atomic mass is 10.1. The molecular formula is C11H21NO3. The lowest BCUT2D eigenvalue weighted by molar-refractivity contribution is -0.136. The van der Waals surface area contributed by atoms with E-state index in [9.17, 15) is 4.79 Å². The van der Waals surface area contributed by atoms with E-state index in [4.69, 9.17) is 5.11 Å². The minimum Gasteiger partial charge on any atom is -0.466 e. The van der Waals surface area contributed by atoms with Gasteiger partial charge in [-0.3, -0.25) is 0 Å². The Balaban J connectivity index is 3.92. The van der Waals surface area contributed by atoms with Crippen LogP contribution in [-0.4, -0.2) is 37.4 Å². The molecular weight excluding hydrogens is 194 g/mol. The summed E-state index contributed by atoms with van der Waals surface area (Å²) >= 11 is 0. The topological polar surface area (TPSA) is 58.6 Å². The van der Waals surface area contributed by atoms with Gasteiger partial charge in [0.2, 0.25) is 0 Å². The number of carbonyl (C=O) groups is 1. The Kier molecular flexibility index (Phi) is 6.99. The second-order valence-corrected chi connectivity index (χ2v) is 3.74. The van der Waals surface area contributed by atoms with Crippen LogP contribution in [0.4, 0.5) is 0 Å². The molecule has 2 atom stereocenters. The molecule has 0 saturated carbocycles. The quantitative estimate of drug-likeness (QED) is 0.506. The van der Waals surface area contributed by atoms with Gasteiger partial charge >= 0.3 is 5.97 Å². The van der Waals surface area contributed by atoms with Gasteiger partial charge in [-0.2, -0.15) is 0 Å². The smallest absolute Gasteiger partial charge is 0.333 e. The number of hydrogen-bond acceptors (Lipinski definition) is 4. The molecule has 0 fully saturated rings. The Morgan fingerprint density at radius 1 is 1.53 bits per heavy atom. The van der Waals surface area contributed by atoms with Gasteiger partial charge in [0.15, 0.2) is 0 Å². The monoisotopic (exact) mass is 215 g/mol. The molecule has 0 heterocycles. The molecule has 2 unspecified atom stereocenters. The summed E-state index contributed by atoms with van der Waals surface area (Å²) in [6, 6.07) is 0.219. The van der Waals surface area contributed by atoms with Crippen molar-refractivity contribution in [2.75, 3.05) is 20.3 Å². The molecule has 0 aliphatic heterocycles. The van der Waals surface area contributed by atoms with E-state index in [0.29, 0.717) is 12.1 Å². The first-order valence-electron chi connectivity index (χ1n) is 5.12. The maximum Gasteiger partial charge on any atom is 0.333 e. The summed E-state index contributed by atoms with van der Waals surface area (Å²) in [5.74, 6) is -0.100. The van der Waals surface area contributed by atoms with Crippen molar-refractivity contribution in [1.29, 1.82) is 0 Å². The average molecular weight is 215 g/mol. The van der Waals surface area contributed by atoms with Crippen LogP contribution >= 0.6 is 0 Å². The molecule has 0 aliphatic rings. The number of hydrogen-bond donors (Lipinski definition) is 2. The van der Waals surface area contributed by atoms with E-state index in [-0.39, 0.29) is 24.5 Å². The van der Waals surface area contributed by atoms with E-state index in [0.717, 1.165) is 0 Å². The second kappa shape index (κ2) is 7.43. The first-order chi connectivity index (χ1) is 7.02. The van der Waals surface area contributed by atoms with E-state index < -0.39 is 0 Å². The van der Waals surface area contributed by atoms with Crippen molar-refractivity contribution >= 4 is 5.97 Å². The van der Waals surface area contributed by atoms with Gasteiger partial charge in [0, 0.05) is 24.8 Å². The third-order valence-corrected chi connectivity index (χ3v) is 2.50. The van der Waals surface area contributed by atoms with Gasteiger partial charge in [0.25, 0.3) is 0 Å². The first kappa shape index (κ1) is 14.1. The molecule has 2 N–H and O–H groups in total. The molecule has 0 aromatic rings. The van der Waals surface area contributed by atoms with Gasteiger partial charge in [-0.1, -0.05) is 13.0 Å². The zero-order valence-electron chi connectivity index (χ0n) is 9.91. The molecule has 0 radical (unpaired) electrons. The number of nitrogens with one attached hydrogen (secondary N) is 1. The van der Waals surface area contributed by atoms with Gasteiger partial charge in [0.1, 0.15) is 0 Å². The fraction of sp³-hybridized carbons (Fsp3) is 0.727. The van der Waals surface area contributed by atoms with E-state index in [1.54, 1.807) is 13.0 Å². The van der Waals surface area contributed by atoms with Crippen molar-refractivity contribution < 1.29 is 14.6 Å². The highest BCUT2D eigenvalue weighted by atomic mass is 16.5. The van der Waals surface area contributed by atoms with Gasteiger partial charge in [-0.05, 0) is 19.8 Å². The molecule has 0 aromatic heterocycles. The highest BCUT2D eigenvalue weighted by Crippen LogP contribution is 2.00. The normalized spacial score (nSPS) is 15.9. The molecule has 15 heavy (non-hydrogen) atoms. The van der Waals surface area contributed by atoms with Crippen LogP contribution < -0.4 is 5.32 Å². The minimum absolute atomic E-state index is 0.161.